The summed E-state index contributed by atoms with van der Waals surface area (Å²) in [7, 11) is 0. The molecule has 4 nitrogen and oxygen atoms in total. The Labute approximate surface area is 91.9 Å². The lowest BCUT2D eigenvalue weighted by molar-refractivity contribution is -0.149. The summed E-state index contributed by atoms with van der Waals surface area (Å²) >= 11 is 0. The second-order valence-electron chi connectivity index (χ2n) is 5.01. The second-order valence-corrected chi connectivity index (χ2v) is 5.01. The third kappa shape index (κ3) is 4.62. The minimum Gasteiger partial charge on any atom is -0.480 e. The predicted octanol–water partition coefficient (Wildman–Crippen LogP) is 1.33. The zero-order valence-electron chi connectivity index (χ0n) is 10.4. The molecule has 0 aliphatic heterocycles. The van der Waals surface area contributed by atoms with Crippen molar-refractivity contribution in [3.63, 3.8) is 0 Å². The summed E-state index contributed by atoms with van der Waals surface area (Å²) in [6, 6.07) is 0. The molecule has 0 radical (unpaired) electrons. The van der Waals surface area contributed by atoms with Crippen LogP contribution in [0.1, 0.15) is 41.0 Å². The molecule has 15 heavy (non-hydrogen) atoms. The number of hydrogen-bond acceptors (Lipinski definition) is 3. The smallest absolute Gasteiger partial charge is 0.323 e. The Hall–Kier alpha value is -0.610. The summed E-state index contributed by atoms with van der Waals surface area (Å²) < 4.78 is 0. The largest absolute Gasteiger partial charge is 0.480 e. The molecule has 0 bridgehead atoms. The Morgan fingerprint density at radius 1 is 1.27 bits per heavy atom. The highest BCUT2D eigenvalue weighted by Gasteiger charge is 2.33. The number of aliphatic carboxylic acids is 1. The third-order valence-electron chi connectivity index (χ3n) is 2.69. The number of carbonyl (C=O) groups is 1. The van der Waals surface area contributed by atoms with Gasteiger partial charge in [-0.15, -0.1) is 0 Å². The molecule has 0 aliphatic rings. The standard InChI is InChI=1S/C11H23NO3/c1-6-12(8-7-10(2,3)15)11(4,5)9(13)14/h15H,6-8H2,1-5H3,(H,13,14). The number of carboxylic acid groups (broad SMARTS) is 1. The van der Waals surface area contributed by atoms with Crippen LogP contribution in [-0.4, -0.2) is 45.3 Å². The van der Waals surface area contributed by atoms with E-state index in [4.69, 9.17) is 5.11 Å². The van der Waals surface area contributed by atoms with Crippen molar-refractivity contribution in [2.24, 2.45) is 0 Å². The normalized spacial score (nSPS) is 13.3. The number of nitrogens with zero attached hydrogens (tertiary/aromatic N) is 1. The van der Waals surface area contributed by atoms with Crippen molar-refractivity contribution in [2.75, 3.05) is 13.1 Å². The fraction of sp³-hybridized carbons (Fsp3) is 0.909. The van der Waals surface area contributed by atoms with E-state index in [-0.39, 0.29) is 0 Å². The van der Waals surface area contributed by atoms with Crippen LogP contribution in [0, 0.1) is 0 Å². The number of carboxylic acids is 1. The summed E-state index contributed by atoms with van der Waals surface area (Å²) in [5, 5.41) is 18.7. The van der Waals surface area contributed by atoms with Crippen LogP contribution >= 0.6 is 0 Å². The van der Waals surface area contributed by atoms with Gasteiger partial charge < -0.3 is 10.2 Å². The van der Waals surface area contributed by atoms with E-state index in [2.05, 4.69) is 0 Å². The lowest BCUT2D eigenvalue weighted by atomic mass is 10.00. The lowest BCUT2D eigenvalue weighted by Crippen LogP contribution is -2.51. The van der Waals surface area contributed by atoms with Gasteiger partial charge in [0.2, 0.25) is 0 Å². The highest BCUT2D eigenvalue weighted by Crippen LogP contribution is 2.17. The van der Waals surface area contributed by atoms with Gasteiger partial charge in [0.1, 0.15) is 5.54 Å². The molecule has 0 fully saturated rings. The van der Waals surface area contributed by atoms with E-state index < -0.39 is 17.1 Å². The van der Waals surface area contributed by atoms with Gasteiger partial charge in [0.05, 0.1) is 5.60 Å². The fourth-order valence-electron chi connectivity index (χ4n) is 1.38. The maximum Gasteiger partial charge on any atom is 0.323 e. The van der Waals surface area contributed by atoms with Crippen LogP contribution in [-0.2, 0) is 4.79 Å². The molecule has 0 aliphatic carbocycles. The summed E-state index contributed by atoms with van der Waals surface area (Å²) in [4.78, 5) is 12.9. The van der Waals surface area contributed by atoms with E-state index in [9.17, 15) is 9.90 Å². The van der Waals surface area contributed by atoms with Crippen molar-refractivity contribution in [3.8, 4) is 0 Å². The number of likely N-dealkylation sites (N-methyl/N-ethyl adjacent to an activating group) is 1. The van der Waals surface area contributed by atoms with Gasteiger partial charge in [-0.3, -0.25) is 9.69 Å². The van der Waals surface area contributed by atoms with Crippen molar-refractivity contribution in [3.05, 3.63) is 0 Å². The molecule has 2 N–H and O–H groups in total. The lowest BCUT2D eigenvalue weighted by Gasteiger charge is -2.35. The molecule has 0 atom stereocenters. The topological polar surface area (TPSA) is 60.8 Å². The Morgan fingerprint density at radius 2 is 1.73 bits per heavy atom. The molecular weight excluding hydrogens is 194 g/mol. The van der Waals surface area contributed by atoms with E-state index in [0.29, 0.717) is 19.5 Å². The molecule has 90 valence electrons. The summed E-state index contributed by atoms with van der Waals surface area (Å²) in [5.41, 5.74) is -1.62. The van der Waals surface area contributed by atoms with Crippen LogP contribution < -0.4 is 0 Å². The predicted molar refractivity (Wildman–Crippen MR) is 59.9 cm³/mol. The number of rotatable bonds is 6. The Kier molecular flexibility index (Phi) is 4.74. The molecule has 0 unspecified atom stereocenters. The average Bonchev–Trinajstić information content (AvgIpc) is 2.02. The fourth-order valence-corrected chi connectivity index (χ4v) is 1.38. The minimum atomic E-state index is -0.875. The van der Waals surface area contributed by atoms with E-state index in [0.717, 1.165) is 0 Å². The van der Waals surface area contributed by atoms with Gasteiger partial charge in [-0.25, -0.2) is 0 Å². The van der Waals surface area contributed by atoms with Gasteiger partial charge in [-0.2, -0.15) is 0 Å². The maximum atomic E-state index is 11.0. The molecule has 0 amide bonds. The molecule has 0 aromatic carbocycles. The SMILES string of the molecule is CCN(CCC(C)(C)O)C(C)(C)C(=O)O. The van der Waals surface area contributed by atoms with Crippen molar-refractivity contribution >= 4 is 5.97 Å². The zero-order valence-corrected chi connectivity index (χ0v) is 10.4. The first-order chi connectivity index (χ1) is 6.61. The van der Waals surface area contributed by atoms with Crippen LogP contribution in [0.2, 0.25) is 0 Å². The molecular formula is C11H23NO3. The van der Waals surface area contributed by atoms with Gasteiger partial charge in [-0.1, -0.05) is 6.92 Å². The summed E-state index contributed by atoms with van der Waals surface area (Å²) in [5.74, 6) is -0.833. The Balaban J connectivity index is 4.44. The van der Waals surface area contributed by atoms with Gasteiger partial charge >= 0.3 is 5.97 Å². The van der Waals surface area contributed by atoms with Crippen molar-refractivity contribution < 1.29 is 15.0 Å². The maximum absolute atomic E-state index is 11.0. The van der Waals surface area contributed by atoms with E-state index in [1.165, 1.54) is 0 Å². The molecule has 0 aromatic rings. The van der Waals surface area contributed by atoms with E-state index in [1.54, 1.807) is 27.7 Å². The van der Waals surface area contributed by atoms with Crippen LogP contribution in [0.4, 0.5) is 0 Å². The van der Waals surface area contributed by atoms with Gasteiger partial charge in [0.15, 0.2) is 0 Å². The highest BCUT2D eigenvalue weighted by molar-refractivity contribution is 5.77. The quantitative estimate of drug-likeness (QED) is 0.704. The summed E-state index contributed by atoms with van der Waals surface area (Å²) in [6.07, 6.45) is 0.567. The number of hydrogen-bond donors (Lipinski definition) is 2. The van der Waals surface area contributed by atoms with Crippen molar-refractivity contribution in [1.82, 2.24) is 4.90 Å². The third-order valence-corrected chi connectivity index (χ3v) is 2.69. The molecule has 0 saturated carbocycles. The van der Waals surface area contributed by atoms with Gasteiger partial charge in [0.25, 0.3) is 0 Å². The second kappa shape index (κ2) is 4.94. The van der Waals surface area contributed by atoms with E-state index in [1.807, 2.05) is 11.8 Å². The van der Waals surface area contributed by atoms with Crippen molar-refractivity contribution in [2.45, 2.75) is 52.2 Å². The molecule has 0 saturated heterocycles. The Bertz CT molecular complexity index is 218. The van der Waals surface area contributed by atoms with Crippen LogP contribution in [0.25, 0.3) is 0 Å². The van der Waals surface area contributed by atoms with Crippen LogP contribution in [0.15, 0.2) is 0 Å². The van der Waals surface area contributed by atoms with Crippen molar-refractivity contribution in [1.29, 1.82) is 0 Å². The molecule has 0 rings (SSSR count). The van der Waals surface area contributed by atoms with Gasteiger partial charge in [0, 0.05) is 6.54 Å². The first-order valence-corrected chi connectivity index (χ1v) is 5.32. The van der Waals surface area contributed by atoms with Gasteiger partial charge in [-0.05, 0) is 40.7 Å². The average molecular weight is 217 g/mol. The number of aliphatic hydroxyl groups is 1. The summed E-state index contributed by atoms with van der Waals surface area (Å²) in [6.45, 7) is 10.00. The molecule has 0 heterocycles. The first kappa shape index (κ1) is 14.4. The highest BCUT2D eigenvalue weighted by atomic mass is 16.4. The van der Waals surface area contributed by atoms with E-state index >= 15 is 0 Å². The molecule has 0 aromatic heterocycles. The monoisotopic (exact) mass is 217 g/mol. The minimum absolute atomic E-state index is 0.567. The van der Waals surface area contributed by atoms with Crippen LogP contribution in [0.5, 0.6) is 0 Å². The zero-order chi connectivity index (χ0) is 12.3. The molecule has 4 heteroatoms. The molecule has 0 spiro atoms. The van der Waals surface area contributed by atoms with Crippen LogP contribution in [0.3, 0.4) is 0 Å². The Morgan fingerprint density at radius 3 is 2.00 bits per heavy atom. The first-order valence-electron chi connectivity index (χ1n) is 5.32.